The molecule has 1 N–H and O–H groups in total. The predicted molar refractivity (Wildman–Crippen MR) is 90.1 cm³/mol. The van der Waals surface area contributed by atoms with E-state index in [1.807, 2.05) is 0 Å². The molecule has 1 rings (SSSR count). The fourth-order valence-electron chi connectivity index (χ4n) is 3.04. The Morgan fingerprint density at radius 2 is 1.27 bits per heavy atom. The summed E-state index contributed by atoms with van der Waals surface area (Å²) in [5.74, 6) is -0.284. The van der Waals surface area contributed by atoms with E-state index in [4.69, 9.17) is 0 Å². The molecule has 0 aliphatic heterocycles. The van der Waals surface area contributed by atoms with Gasteiger partial charge in [0.15, 0.2) is 11.5 Å². The highest BCUT2D eigenvalue weighted by Crippen LogP contribution is 2.29. The van der Waals surface area contributed by atoms with Crippen molar-refractivity contribution in [2.45, 2.75) is 96.9 Å². The van der Waals surface area contributed by atoms with Gasteiger partial charge >= 0.3 is 0 Å². The third-order valence-corrected chi connectivity index (χ3v) is 4.50. The van der Waals surface area contributed by atoms with Crippen LogP contribution in [0.1, 0.15) is 91.4 Å². The number of aliphatic hydroxyl groups is 1. The van der Waals surface area contributed by atoms with Gasteiger partial charge in [-0.25, -0.2) is 0 Å². The Morgan fingerprint density at radius 1 is 0.864 bits per heavy atom. The lowest BCUT2D eigenvalue weighted by Crippen LogP contribution is -2.22. The summed E-state index contributed by atoms with van der Waals surface area (Å²) in [5.41, 5.74) is -0.123. The minimum absolute atomic E-state index is 0.0481. The van der Waals surface area contributed by atoms with E-state index in [9.17, 15) is 9.90 Å². The van der Waals surface area contributed by atoms with Crippen LogP contribution < -0.4 is 0 Å². The summed E-state index contributed by atoms with van der Waals surface area (Å²) < 4.78 is 0. The summed E-state index contributed by atoms with van der Waals surface area (Å²) in [6.45, 7) is 5.03. The van der Waals surface area contributed by atoms with E-state index < -0.39 is 0 Å². The van der Waals surface area contributed by atoms with Crippen LogP contribution in [0.4, 0.5) is 0 Å². The van der Waals surface area contributed by atoms with Crippen molar-refractivity contribution in [2.24, 2.45) is 10.2 Å². The molecule has 0 aromatic heterocycles. The Labute approximate surface area is 135 Å². The zero-order valence-corrected chi connectivity index (χ0v) is 14.5. The number of hydrogen-bond donors (Lipinski definition) is 1. The largest absolute Gasteiger partial charge is 0.510 e. The number of hydrogen-bond acceptors (Lipinski definition) is 4. The molecule has 0 aromatic carbocycles. The van der Waals surface area contributed by atoms with Crippen LogP contribution in [0, 0.1) is 0 Å². The molecule has 126 valence electrons. The monoisotopic (exact) mass is 308 g/mol. The van der Waals surface area contributed by atoms with Gasteiger partial charge in [0.1, 0.15) is 5.76 Å². The molecule has 0 heterocycles. The quantitative estimate of drug-likeness (QED) is 0.402. The van der Waals surface area contributed by atoms with Gasteiger partial charge in [-0.3, -0.25) is 4.79 Å². The van der Waals surface area contributed by atoms with Gasteiger partial charge in [-0.1, -0.05) is 57.8 Å². The highest BCUT2D eigenvalue weighted by Gasteiger charge is 2.24. The third-order valence-electron chi connectivity index (χ3n) is 4.50. The van der Waals surface area contributed by atoms with Crippen molar-refractivity contribution >= 4 is 5.78 Å². The maximum Gasteiger partial charge on any atom is 0.183 e. The number of ketones is 1. The number of aliphatic hydroxyl groups excluding tert-OH is 1. The van der Waals surface area contributed by atoms with Crippen LogP contribution in [0.3, 0.4) is 0 Å². The van der Waals surface area contributed by atoms with Gasteiger partial charge in [0, 0.05) is 6.92 Å². The van der Waals surface area contributed by atoms with Gasteiger partial charge in [-0.2, -0.15) is 5.11 Å². The molecule has 0 unspecified atom stereocenters. The molecule has 0 bridgehead atoms. The number of rotatable bonds is 3. The fraction of sp³-hybridized carbons (Fsp3) is 0.833. The first-order chi connectivity index (χ1) is 10.4. The topological polar surface area (TPSA) is 62.0 Å². The van der Waals surface area contributed by atoms with Gasteiger partial charge < -0.3 is 5.11 Å². The number of nitrogens with zero attached hydrogens (tertiary/aromatic N) is 2. The Morgan fingerprint density at radius 3 is 1.64 bits per heavy atom. The normalized spacial score (nSPS) is 22.5. The second kappa shape index (κ2) is 9.75. The number of azo groups is 1. The molecule has 4 heteroatoms. The summed E-state index contributed by atoms with van der Waals surface area (Å²) in [7, 11) is 0. The first-order valence-corrected chi connectivity index (χ1v) is 8.78. The molecule has 1 aliphatic carbocycles. The number of allylic oxidation sites excluding steroid dienone is 2. The first kappa shape index (κ1) is 18.9. The van der Waals surface area contributed by atoms with E-state index in [-0.39, 0.29) is 22.8 Å². The molecule has 1 aliphatic rings. The summed E-state index contributed by atoms with van der Waals surface area (Å²) in [6.07, 6.45) is 13.5. The van der Waals surface area contributed by atoms with Crippen LogP contribution in [-0.4, -0.2) is 16.4 Å². The zero-order chi connectivity index (χ0) is 16.4. The molecule has 22 heavy (non-hydrogen) atoms. The van der Waals surface area contributed by atoms with Crippen molar-refractivity contribution in [3.8, 4) is 0 Å². The molecule has 0 aromatic rings. The SMILES string of the molecule is CC(=O)C(N=NC1(C)CCCCCCCCCCC1)=C(C)O. The molecule has 0 saturated heterocycles. The van der Waals surface area contributed by atoms with Crippen molar-refractivity contribution in [1.82, 2.24) is 0 Å². The highest BCUT2D eigenvalue weighted by atomic mass is 16.3. The second-order valence-electron chi connectivity index (χ2n) is 6.87. The average Bonchev–Trinajstić information content (AvgIpc) is 2.42. The highest BCUT2D eigenvalue weighted by molar-refractivity contribution is 5.93. The Hall–Kier alpha value is -1.19. The Bertz CT molecular complexity index is 397. The Balaban J connectivity index is 2.75. The van der Waals surface area contributed by atoms with Crippen molar-refractivity contribution in [3.63, 3.8) is 0 Å². The number of carbonyl (C=O) groups is 1. The van der Waals surface area contributed by atoms with E-state index in [0.717, 1.165) is 25.7 Å². The minimum Gasteiger partial charge on any atom is -0.510 e. The lowest BCUT2D eigenvalue weighted by molar-refractivity contribution is -0.113. The van der Waals surface area contributed by atoms with E-state index >= 15 is 0 Å². The molecular weight excluding hydrogens is 276 g/mol. The lowest BCUT2D eigenvalue weighted by atomic mass is 9.88. The fourth-order valence-corrected chi connectivity index (χ4v) is 3.04. The first-order valence-electron chi connectivity index (χ1n) is 8.78. The van der Waals surface area contributed by atoms with Crippen LogP contribution >= 0.6 is 0 Å². The number of Topliss-reactive ketones (excluding diaryl/α,β-unsaturated/α-hetero) is 1. The standard InChI is InChI=1S/C18H32N2O2/c1-15(21)17(16(2)22)19-20-18(3)13-11-9-7-5-4-6-8-10-12-14-18/h21H,4-14H2,1-3H3. The van der Waals surface area contributed by atoms with E-state index in [1.165, 1.54) is 58.8 Å². The molecular formula is C18H32N2O2. The van der Waals surface area contributed by atoms with Gasteiger partial charge in [-0.15, -0.1) is 5.11 Å². The zero-order valence-electron chi connectivity index (χ0n) is 14.5. The maximum atomic E-state index is 11.5. The molecule has 0 atom stereocenters. The molecule has 1 fully saturated rings. The number of carbonyl (C=O) groups excluding carboxylic acids is 1. The summed E-state index contributed by atoms with van der Waals surface area (Å²) in [6, 6.07) is 0. The lowest BCUT2D eigenvalue weighted by Gasteiger charge is -2.24. The van der Waals surface area contributed by atoms with Crippen LogP contribution in [0.25, 0.3) is 0 Å². The van der Waals surface area contributed by atoms with Crippen molar-refractivity contribution in [1.29, 1.82) is 0 Å². The molecule has 4 nitrogen and oxygen atoms in total. The predicted octanol–water partition coefficient (Wildman–Crippen LogP) is 5.88. The summed E-state index contributed by atoms with van der Waals surface area (Å²) in [5, 5.41) is 18.1. The molecule has 1 saturated carbocycles. The third kappa shape index (κ3) is 7.19. The van der Waals surface area contributed by atoms with Crippen molar-refractivity contribution in [2.75, 3.05) is 0 Å². The minimum atomic E-state index is -0.236. The van der Waals surface area contributed by atoms with Crippen LogP contribution in [-0.2, 0) is 4.79 Å². The summed E-state index contributed by atoms with van der Waals surface area (Å²) in [4.78, 5) is 11.5. The van der Waals surface area contributed by atoms with Crippen LogP contribution in [0.15, 0.2) is 21.7 Å². The average molecular weight is 308 g/mol. The van der Waals surface area contributed by atoms with Crippen LogP contribution in [0.5, 0.6) is 0 Å². The maximum absolute atomic E-state index is 11.5. The second-order valence-corrected chi connectivity index (χ2v) is 6.87. The van der Waals surface area contributed by atoms with E-state index in [1.54, 1.807) is 0 Å². The van der Waals surface area contributed by atoms with Crippen LogP contribution in [0.2, 0.25) is 0 Å². The van der Waals surface area contributed by atoms with Gasteiger partial charge in [0.25, 0.3) is 0 Å². The molecule has 0 spiro atoms. The van der Waals surface area contributed by atoms with Crippen molar-refractivity contribution in [3.05, 3.63) is 11.5 Å². The van der Waals surface area contributed by atoms with Gasteiger partial charge in [0.2, 0.25) is 0 Å². The van der Waals surface area contributed by atoms with Crippen molar-refractivity contribution < 1.29 is 9.90 Å². The smallest absolute Gasteiger partial charge is 0.183 e. The molecule has 0 radical (unpaired) electrons. The van der Waals surface area contributed by atoms with E-state index in [0.29, 0.717) is 0 Å². The summed E-state index contributed by atoms with van der Waals surface area (Å²) >= 11 is 0. The van der Waals surface area contributed by atoms with Gasteiger partial charge in [0.05, 0.1) is 5.54 Å². The Kier molecular flexibility index (Phi) is 8.36. The van der Waals surface area contributed by atoms with Gasteiger partial charge in [-0.05, 0) is 26.7 Å². The van der Waals surface area contributed by atoms with E-state index in [2.05, 4.69) is 17.2 Å². The molecule has 0 amide bonds.